The van der Waals surface area contributed by atoms with Crippen molar-refractivity contribution in [1.82, 2.24) is 10.3 Å². The summed E-state index contributed by atoms with van der Waals surface area (Å²) >= 11 is 1.49. The Kier molecular flexibility index (Phi) is 5.53. The van der Waals surface area contributed by atoms with E-state index in [0.717, 1.165) is 40.1 Å². The lowest BCUT2D eigenvalue weighted by molar-refractivity contribution is -0.119. The van der Waals surface area contributed by atoms with Crippen molar-refractivity contribution in [2.45, 2.75) is 30.8 Å². The highest BCUT2D eigenvalue weighted by molar-refractivity contribution is 7.99. The lowest BCUT2D eigenvalue weighted by Crippen LogP contribution is -2.31. The molecule has 0 radical (unpaired) electrons. The molecule has 1 atom stereocenters. The molecule has 144 valence electrons. The Morgan fingerprint density at radius 2 is 1.96 bits per heavy atom. The van der Waals surface area contributed by atoms with Crippen molar-refractivity contribution in [2.24, 2.45) is 5.92 Å². The van der Waals surface area contributed by atoms with E-state index in [1.807, 2.05) is 42.5 Å². The predicted octanol–water partition coefficient (Wildman–Crippen LogP) is 4.91. The summed E-state index contributed by atoms with van der Waals surface area (Å²) in [4.78, 5) is 17.3. The molecule has 1 N–H and O–H groups in total. The lowest BCUT2D eigenvalue weighted by Gasteiger charge is -2.19. The molecule has 1 saturated carbocycles. The minimum absolute atomic E-state index is 0.0466. The smallest absolute Gasteiger partial charge is 0.230 e. The Morgan fingerprint density at radius 1 is 1.21 bits per heavy atom. The molecule has 4 nitrogen and oxygen atoms in total. The summed E-state index contributed by atoms with van der Waals surface area (Å²) in [6.45, 7) is 2.08. The third kappa shape index (κ3) is 4.30. The van der Waals surface area contributed by atoms with Gasteiger partial charge in [-0.3, -0.25) is 4.79 Å². The number of para-hydroxylation sites is 1. The van der Waals surface area contributed by atoms with Crippen LogP contribution < -0.4 is 10.1 Å². The maximum absolute atomic E-state index is 12.6. The number of nitrogens with one attached hydrogen (secondary N) is 1. The van der Waals surface area contributed by atoms with Gasteiger partial charge >= 0.3 is 0 Å². The first kappa shape index (κ1) is 18.8. The molecular formula is C23H24N2O2S. The summed E-state index contributed by atoms with van der Waals surface area (Å²) in [6, 6.07) is 18.2. The van der Waals surface area contributed by atoms with Crippen molar-refractivity contribution < 1.29 is 9.53 Å². The van der Waals surface area contributed by atoms with E-state index in [2.05, 4.69) is 29.4 Å². The van der Waals surface area contributed by atoms with Crippen LogP contribution in [0.1, 0.15) is 30.0 Å². The van der Waals surface area contributed by atoms with E-state index < -0.39 is 0 Å². The van der Waals surface area contributed by atoms with Crippen LogP contribution in [0.25, 0.3) is 10.9 Å². The first-order chi connectivity index (χ1) is 13.6. The van der Waals surface area contributed by atoms with Crippen LogP contribution in [-0.2, 0) is 4.79 Å². The van der Waals surface area contributed by atoms with Crippen molar-refractivity contribution in [2.75, 3.05) is 12.9 Å². The van der Waals surface area contributed by atoms with Gasteiger partial charge in [-0.1, -0.05) is 42.1 Å². The van der Waals surface area contributed by atoms with Gasteiger partial charge in [0, 0.05) is 5.39 Å². The topological polar surface area (TPSA) is 51.2 Å². The number of ether oxygens (including phenoxy) is 1. The Balaban J connectivity index is 1.41. The van der Waals surface area contributed by atoms with Gasteiger partial charge in [0.2, 0.25) is 5.91 Å². The molecule has 0 bridgehead atoms. The van der Waals surface area contributed by atoms with Crippen LogP contribution in [0.2, 0.25) is 0 Å². The molecular weight excluding hydrogens is 368 g/mol. The zero-order valence-electron chi connectivity index (χ0n) is 16.1. The Bertz CT molecular complexity index is 984. The number of benzene rings is 2. The second-order valence-corrected chi connectivity index (χ2v) is 8.23. The predicted molar refractivity (Wildman–Crippen MR) is 114 cm³/mol. The minimum Gasteiger partial charge on any atom is -0.497 e. The molecule has 0 aliphatic heterocycles. The monoisotopic (exact) mass is 392 g/mol. The highest BCUT2D eigenvalue weighted by Gasteiger charge is 2.33. The molecule has 1 aliphatic carbocycles. The van der Waals surface area contributed by atoms with Gasteiger partial charge in [-0.2, -0.15) is 0 Å². The summed E-state index contributed by atoms with van der Waals surface area (Å²) < 4.78 is 5.24. The number of rotatable bonds is 7. The van der Waals surface area contributed by atoms with Crippen LogP contribution in [0, 0.1) is 12.8 Å². The van der Waals surface area contributed by atoms with Gasteiger partial charge < -0.3 is 10.1 Å². The maximum atomic E-state index is 12.6. The highest BCUT2D eigenvalue weighted by atomic mass is 32.2. The van der Waals surface area contributed by atoms with Gasteiger partial charge in [0.25, 0.3) is 0 Å². The van der Waals surface area contributed by atoms with Crippen molar-refractivity contribution >= 4 is 28.6 Å². The molecule has 4 rings (SSSR count). The number of aromatic nitrogens is 1. The van der Waals surface area contributed by atoms with Crippen molar-refractivity contribution in [3.8, 4) is 5.75 Å². The standard InChI is InChI=1S/C23H24N2O2S/c1-15-13-22(24-20-6-4-3-5-19(15)20)28-14-21(26)25-23(16-7-8-16)17-9-11-18(27-2)12-10-17/h3-6,9-13,16,23H,7-8,14H2,1-2H3,(H,25,26). The lowest BCUT2D eigenvalue weighted by atomic mass is 10.0. The number of hydrogen-bond donors (Lipinski definition) is 1. The van der Waals surface area contributed by atoms with E-state index in [1.165, 1.54) is 17.3 Å². The maximum Gasteiger partial charge on any atom is 0.230 e. The number of pyridine rings is 1. The molecule has 3 aromatic rings. The molecule has 1 fully saturated rings. The molecule has 0 spiro atoms. The van der Waals surface area contributed by atoms with Crippen LogP contribution in [-0.4, -0.2) is 23.8 Å². The Morgan fingerprint density at radius 3 is 2.68 bits per heavy atom. The normalized spacial score (nSPS) is 14.6. The molecule has 1 unspecified atom stereocenters. The summed E-state index contributed by atoms with van der Waals surface area (Å²) in [7, 11) is 1.66. The molecule has 1 amide bonds. The van der Waals surface area contributed by atoms with Gasteiger partial charge in [0.05, 0.1) is 29.4 Å². The largest absolute Gasteiger partial charge is 0.497 e. The molecule has 1 aromatic heterocycles. The minimum atomic E-state index is 0.0466. The van der Waals surface area contributed by atoms with Crippen LogP contribution >= 0.6 is 11.8 Å². The molecule has 1 heterocycles. The number of carbonyl (C=O) groups is 1. The molecule has 5 heteroatoms. The van der Waals surface area contributed by atoms with E-state index in [1.54, 1.807) is 7.11 Å². The summed E-state index contributed by atoms with van der Waals surface area (Å²) in [6.07, 6.45) is 2.32. The van der Waals surface area contributed by atoms with Crippen LogP contribution in [0.4, 0.5) is 0 Å². The fourth-order valence-corrected chi connectivity index (χ4v) is 4.25. The molecule has 0 saturated heterocycles. The number of fused-ring (bicyclic) bond motifs is 1. The zero-order chi connectivity index (χ0) is 19.5. The number of methoxy groups -OCH3 is 1. The average molecular weight is 393 g/mol. The first-order valence-corrected chi connectivity index (χ1v) is 10.5. The summed E-state index contributed by atoms with van der Waals surface area (Å²) in [5.41, 5.74) is 3.29. The summed E-state index contributed by atoms with van der Waals surface area (Å²) in [5, 5.41) is 5.27. The third-order valence-corrected chi connectivity index (χ3v) is 6.05. The number of carbonyl (C=O) groups excluding carboxylic acids is 1. The fourth-order valence-electron chi connectivity index (χ4n) is 3.46. The van der Waals surface area contributed by atoms with E-state index in [9.17, 15) is 4.79 Å². The van der Waals surface area contributed by atoms with Crippen molar-refractivity contribution in [3.05, 3.63) is 65.7 Å². The number of aryl methyl sites for hydroxylation is 1. The van der Waals surface area contributed by atoms with E-state index in [-0.39, 0.29) is 11.9 Å². The molecule has 28 heavy (non-hydrogen) atoms. The third-order valence-electron chi connectivity index (χ3n) is 5.14. The van der Waals surface area contributed by atoms with Gasteiger partial charge in [-0.15, -0.1) is 0 Å². The van der Waals surface area contributed by atoms with Crippen LogP contribution in [0.3, 0.4) is 0 Å². The molecule has 2 aromatic carbocycles. The van der Waals surface area contributed by atoms with Gasteiger partial charge in [0.1, 0.15) is 5.75 Å². The van der Waals surface area contributed by atoms with Gasteiger partial charge in [-0.05, 0) is 61.1 Å². The summed E-state index contributed by atoms with van der Waals surface area (Å²) in [5.74, 6) is 1.77. The first-order valence-electron chi connectivity index (χ1n) is 9.56. The average Bonchev–Trinajstić information content (AvgIpc) is 3.56. The Labute approximate surface area is 169 Å². The SMILES string of the molecule is COc1ccc(C(NC(=O)CSc2cc(C)c3ccccc3n2)C2CC2)cc1. The van der Waals surface area contributed by atoms with E-state index in [0.29, 0.717) is 11.7 Å². The number of hydrogen-bond acceptors (Lipinski definition) is 4. The van der Waals surface area contributed by atoms with Gasteiger partial charge in [0.15, 0.2) is 0 Å². The second-order valence-electron chi connectivity index (χ2n) is 7.24. The zero-order valence-corrected chi connectivity index (χ0v) is 17.0. The second kappa shape index (κ2) is 8.23. The molecule has 1 aliphatic rings. The van der Waals surface area contributed by atoms with E-state index in [4.69, 9.17) is 4.74 Å². The quantitative estimate of drug-likeness (QED) is 0.581. The van der Waals surface area contributed by atoms with Crippen LogP contribution in [0.15, 0.2) is 59.6 Å². The number of amides is 1. The fraction of sp³-hybridized carbons (Fsp3) is 0.304. The Hall–Kier alpha value is -2.53. The van der Waals surface area contributed by atoms with Crippen LogP contribution in [0.5, 0.6) is 5.75 Å². The highest BCUT2D eigenvalue weighted by Crippen LogP contribution is 2.41. The number of nitrogens with zero attached hydrogens (tertiary/aromatic N) is 1. The van der Waals surface area contributed by atoms with Crippen molar-refractivity contribution in [1.29, 1.82) is 0 Å². The number of thioether (sulfide) groups is 1. The van der Waals surface area contributed by atoms with Crippen molar-refractivity contribution in [3.63, 3.8) is 0 Å². The van der Waals surface area contributed by atoms with E-state index >= 15 is 0 Å². The van der Waals surface area contributed by atoms with Gasteiger partial charge in [-0.25, -0.2) is 4.98 Å².